The van der Waals surface area contributed by atoms with Gasteiger partial charge in [0.1, 0.15) is 0 Å². The van der Waals surface area contributed by atoms with Crippen molar-refractivity contribution in [3.05, 3.63) is 18.0 Å². The summed E-state index contributed by atoms with van der Waals surface area (Å²) in [6.45, 7) is 5.79. The van der Waals surface area contributed by atoms with Crippen LogP contribution in [0, 0.1) is 11.8 Å². The molecule has 0 saturated heterocycles. The number of nitrogens with one attached hydrogen (secondary N) is 1. The Labute approximate surface area is 111 Å². The van der Waals surface area contributed by atoms with Gasteiger partial charge in [0, 0.05) is 32.3 Å². The molecule has 2 rings (SSSR count). The Hall–Kier alpha value is -0.830. The molecule has 0 bridgehead atoms. The normalized spacial score (nSPS) is 24.7. The van der Waals surface area contributed by atoms with Crippen molar-refractivity contribution in [2.75, 3.05) is 6.54 Å². The number of hydrogen-bond donors (Lipinski definition) is 1. The van der Waals surface area contributed by atoms with Crippen LogP contribution in [0.25, 0.3) is 0 Å². The lowest BCUT2D eigenvalue weighted by atomic mass is 9.78. The molecular weight excluding hydrogens is 222 g/mol. The van der Waals surface area contributed by atoms with Gasteiger partial charge in [0.05, 0.1) is 5.69 Å². The molecule has 0 radical (unpaired) electrons. The summed E-state index contributed by atoms with van der Waals surface area (Å²) in [5.41, 5.74) is 1.20. The van der Waals surface area contributed by atoms with Crippen LogP contribution in [-0.4, -0.2) is 22.4 Å². The highest BCUT2D eigenvalue weighted by Crippen LogP contribution is 2.30. The van der Waals surface area contributed by atoms with Crippen LogP contribution in [-0.2, 0) is 13.5 Å². The van der Waals surface area contributed by atoms with Gasteiger partial charge in [-0.2, -0.15) is 5.10 Å². The SMILES string of the molecule is CC(C)C1CCCCC1NCCc1ccn(C)n1. The van der Waals surface area contributed by atoms with E-state index in [0.717, 1.165) is 30.8 Å². The highest BCUT2D eigenvalue weighted by Gasteiger charge is 2.26. The standard InChI is InChI=1S/C15H27N3/c1-12(2)14-6-4-5-7-15(14)16-10-8-13-9-11-18(3)17-13/h9,11-12,14-16H,4-8,10H2,1-3H3. The van der Waals surface area contributed by atoms with E-state index < -0.39 is 0 Å². The lowest BCUT2D eigenvalue weighted by molar-refractivity contribution is 0.206. The molecule has 3 nitrogen and oxygen atoms in total. The second-order valence-corrected chi connectivity index (χ2v) is 5.98. The molecule has 2 atom stereocenters. The highest BCUT2D eigenvalue weighted by atomic mass is 15.2. The van der Waals surface area contributed by atoms with Crippen molar-refractivity contribution in [2.45, 2.75) is 52.0 Å². The van der Waals surface area contributed by atoms with E-state index in [1.54, 1.807) is 0 Å². The minimum Gasteiger partial charge on any atom is -0.313 e. The van der Waals surface area contributed by atoms with Crippen LogP contribution in [0.5, 0.6) is 0 Å². The third-order valence-electron chi connectivity index (χ3n) is 4.23. The van der Waals surface area contributed by atoms with Gasteiger partial charge in [0.15, 0.2) is 0 Å². The fraction of sp³-hybridized carbons (Fsp3) is 0.800. The molecule has 1 aliphatic carbocycles. The van der Waals surface area contributed by atoms with Crippen molar-refractivity contribution in [2.24, 2.45) is 18.9 Å². The number of aryl methyl sites for hydroxylation is 1. The van der Waals surface area contributed by atoms with Crippen LogP contribution in [0.4, 0.5) is 0 Å². The number of nitrogens with zero attached hydrogens (tertiary/aromatic N) is 2. The smallest absolute Gasteiger partial charge is 0.0637 e. The fourth-order valence-corrected chi connectivity index (χ4v) is 3.19. The predicted octanol–water partition coefficient (Wildman–Crippen LogP) is 2.77. The monoisotopic (exact) mass is 249 g/mol. The quantitative estimate of drug-likeness (QED) is 0.869. The Morgan fingerprint density at radius 2 is 2.17 bits per heavy atom. The maximum absolute atomic E-state index is 4.42. The average Bonchev–Trinajstić information content (AvgIpc) is 2.75. The summed E-state index contributed by atoms with van der Waals surface area (Å²) >= 11 is 0. The maximum atomic E-state index is 4.42. The molecule has 0 aromatic carbocycles. The van der Waals surface area contributed by atoms with Crippen LogP contribution in [0.2, 0.25) is 0 Å². The van der Waals surface area contributed by atoms with E-state index in [2.05, 4.69) is 30.3 Å². The first-order chi connectivity index (χ1) is 8.66. The lowest BCUT2D eigenvalue weighted by Gasteiger charge is -2.35. The Bertz CT molecular complexity index is 356. The molecule has 1 aliphatic rings. The molecule has 102 valence electrons. The third kappa shape index (κ3) is 3.58. The summed E-state index contributed by atoms with van der Waals surface area (Å²) in [6, 6.07) is 2.84. The molecule has 3 heteroatoms. The van der Waals surface area contributed by atoms with Gasteiger partial charge in [-0.1, -0.05) is 26.7 Å². The molecule has 0 amide bonds. The second-order valence-electron chi connectivity index (χ2n) is 5.98. The summed E-state index contributed by atoms with van der Waals surface area (Å²) in [5.74, 6) is 1.67. The van der Waals surface area contributed by atoms with E-state index in [1.807, 2.05) is 17.9 Å². The summed E-state index contributed by atoms with van der Waals surface area (Å²) < 4.78 is 1.88. The van der Waals surface area contributed by atoms with Crippen molar-refractivity contribution in [3.63, 3.8) is 0 Å². The first kappa shape index (κ1) is 13.6. The largest absolute Gasteiger partial charge is 0.313 e. The minimum atomic E-state index is 0.725. The zero-order valence-corrected chi connectivity index (χ0v) is 12.0. The molecule has 1 aromatic rings. The van der Waals surface area contributed by atoms with Crippen molar-refractivity contribution < 1.29 is 0 Å². The van der Waals surface area contributed by atoms with Crippen LogP contribution in [0.15, 0.2) is 12.3 Å². The van der Waals surface area contributed by atoms with Gasteiger partial charge in [0.2, 0.25) is 0 Å². The van der Waals surface area contributed by atoms with E-state index in [1.165, 1.54) is 31.4 Å². The lowest BCUT2D eigenvalue weighted by Crippen LogP contribution is -2.41. The molecule has 0 aliphatic heterocycles. The Balaban J connectivity index is 1.77. The molecule has 1 aromatic heterocycles. The Morgan fingerprint density at radius 3 is 2.83 bits per heavy atom. The van der Waals surface area contributed by atoms with Gasteiger partial charge in [-0.25, -0.2) is 0 Å². The van der Waals surface area contributed by atoms with E-state index in [9.17, 15) is 0 Å². The Morgan fingerprint density at radius 1 is 1.39 bits per heavy atom. The highest BCUT2D eigenvalue weighted by molar-refractivity contribution is 4.99. The minimum absolute atomic E-state index is 0.725. The predicted molar refractivity (Wildman–Crippen MR) is 75.5 cm³/mol. The maximum Gasteiger partial charge on any atom is 0.0637 e. The van der Waals surface area contributed by atoms with Crippen molar-refractivity contribution in [1.29, 1.82) is 0 Å². The van der Waals surface area contributed by atoms with Gasteiger partial charge in [0.25, 0.3) is 0 Å². The van der Waals surface area contributed by atoms with Crippen molar-refractivity contribution in [3.8, 4) is 0 Å². The summed E-state index contributed by atoms with van der Waals surface area (Å²) in [6.07, 6.45) is 8.63. The van der Waals surface area contributed by atoms with Gasteiger partial charge in [-0.15, -0.1) is 0 Å². The van der Waals surface area contributed by atoms with E-state index in [4.69, 9.17) is 0 Å². The first-order valence-electron chi connectivity index (χ1n) is 7.38. The second kappa shape index (κ2) is 6.37. The third-order valence-corrected chi connectivity index (χ3v) is 4.23. The average molecular weight is 249 g/mol. The van der Waals surface area contributed by atoms with Gasteiger partial charge >= 0.3 is 0 Å². The number of rotatable bonds is 5. The summed E-state index contributed by atoms with van der Waals surface area (Å²) in [7, 11) is 1.98. The van der Waals surface area contributed by atoms with E-state index in [-0.39, 0.29) is 0 Å². The molecule has 1 fully saturated rings. The topological polar surface area (TPSA) is 29.9 Å². The number of aromatic nitrogens is 2. The van der Waals surface area contributed by atoms with E-state index in [0.29, 0.717) is 0 Å². The molecule has 2 unspecified atom stereocenters. The van der Waals surface area contributed by atoms with Gasteiger partial charge < -0.3 is 5.32 Å². The van der Waals surface area contributed by atoms with Crippen molar-refractivity contribution in [1.82, 2.24) is 15.1 Å². The van der Waals surface area contributed by atoms with E-state index >= 15 is 0 Å². The molecule has 18 heavy (non-hydrogen) atoms. The fourth-order valence-electron chi connectivity index (χ4n) is 3.19. The molecule has 1 saturated carbocycles. The first-order valence-corrected chi connectivity index (χ1v) is 7.38. The molecule has 1 N–H and O–H groups in total. The van der Waals surface area contributed by atoms with Gasteiger partial charge in [-0.3, -0.25) is 4.68 Å². The zero-order valence-electron chi connectivity index (χ0n) is 12.0. The molecule has 1 heterocycles. The summed E-state index contributed by atoms with van der Waals surface area (Å²) in [4.78, 5) is 0. The van der Waals surface area contributed by atoms with Crippen LogP contribution in [0.3, 0.4) is 0 Å². The molecular formula is C15H27N3. The van der Waals surface area contributed by atoms with Crippen LogP contribution >= 0.6 is 0 Å². The van der Waals surface area contributed by atoms with Crippen LogP contribution < -0.4 is 5.32 Å². The van der Waals surface area contributed by atoms with Gasteiger partial charge in [-0.05, 0) is 30.7 Å². The zero-order chi connectivity index (χ0) is 13.0. The van der Waals surface area contributed by atoms with Crippen LogP contribution in [0.1, 0.15) is 45.2 Å². The van der Waals surface area contributed by atoms with Crippen molar-refractivity contribution >= 4 is 0 Å². The Kier molecular flexibility index (Phi) is 4.81. The number of hydrogen-bond acceptors (Lipinski definition) is 2. The summed E-state index contributed by atoms with van der Waals surface area (Å²) in [5, 5.41) is 8.19. The molecule has 0 spiro atoms.